The third-order valence-electron chi connectivity index (χ3n) is 4.00. The highest BCUT2D eigenvalue weighted by Crippen LogP contribution is 2.18. The molecule has 0 aromatic carbocycles. The van der Waals surface area contributed by atoms with Crippen LogP contribution < -0.4 is 0 Å². The Balaban J connectivity index is 3.26. The standard InChI is InChI=1S/C17H34Si/c1-5-8-9-10-11-12-13-14-15-16-17-18(4,6-2)7-3/h6-7H,2-3,5,8-17H2,1,4H3. The van der Waals surface area contributed by atoms with Gasteiger partial charge in [0.1, 0.15) is 0 Å². The van der Waals surface area contributed by atoms with Gasteiger partial charge in [0.15, 0.2) is 0 Å². The van der Waals surface area contributed by atoms with E-state index in [0.717, 1.165) is 0 Å². The molecule has 0 rings (SSSR count). The minimum atomic E-state index is -1.26. The van der Waals surface area contributed by atoms with Crippen LogP contribution in [0.15, 0.2) is 24.6 Å². The van der Waals surface area contributed by atoms with Crippen molar-refractivity contribution in [3.8, 4) is 0 Å². The van der Waals surface area contributed by atoms with Gasteiger partial charge in [0.05, 0.1) is 8.07 Å². The molecule has 0 radical (unpaired) electrons. The van der Waals surface area contributed by atoms with Gasteiger partial charge < -0.3 is 0 Å². The lowest BCUT2D eigenvalue weighted by atomic mass is 10.1. The summed E-state index contributed by atoms with van der Waals surface area (Å²) in [5.41, 5.74) is 4.35. The summed E-state index contributed by atoms with van der Waals surface area (Å²) in [6, 6.07) is 1.34. The van der Waals surface area contributed by atoms with Crippen molar-refractivity contribution in [2.75, 3.05) is 0 Å². The van der Waals surface area contributed by atoms with Gasteiger partial charge in [-0.3, -0.25) is 0 Å². The number of hydrogen-bond acceptors (Lipinski definition) is 0. The van der Waals surface area contributed by atoms with E-state index >= 15 is 0 Å². The van der Waals surface area contributed by atoms with Gasteiger partial charge in [-0.05, 0) is 0 Å². The molecule has 0 N–H and O–H groups in total. The fourth-order valence-corrected chi connectivity index (χ4v) is 3.87. The van der Waals surface area contributed by atoms with Crippen molar-refractivity contribution in [1.82, 2.24) is 0 Å². The summed E-state index contributed by atoms with van der Waals surface area (Å²) >= 11 is 0. The minimum Gasteiger partial charge on any atom is -0.107 e. The largest absolute Gasteiger partial charge is 0.107 e. The van der Waals surface area contributed by atoms with Crippen LogP contribution in [-0.4, -0.2) is 8.07 Å². The summed E-state index contributed by atoms with van der Waals surface area (Å²) in [5, 5.41) is 0. The Morgan fingerprint density at radius 2 is 1.11 bits per heavy atom. The molecule has 0 atom stereocenters. The fourth-order valence-electron chi connectivity index (χ4n) is 2.28. The van der Waals surface area contributed by atoms with Gasteiger partial charge in [-0.15, -0.1) is 13.2 Å². The minimum absolute atomic E-state index is 1.26. The Labute approximate surface area is 117 Å². The third kappa shape index (κ3) is 9.70. The van der Waals surface area contributed by atoms with Gasteiger partial charge in [-0.25, -0.2) is 0 Å². The highest BCUT2D eigenvalue weighted by molar-refractivity contribution is 6.87. The number of unbranched alkanes of at least 4 members (excludes halogenated alkanes) is 9. The molecule has 0 aliphatic carbocycles. The zero-order chi connectivity index (χ0) is 13.7. The smallest absolute Gasteiger partial charge is 0.0973 e. The molecule has 0 amide bonds. The molecule has 0 aromatic rings. The predicted molar refractivity (Wildman–Crippen MR) is 88.7 cm³/mol. The lowest BCUT2D eigenvalue weighted by Crippen LogP contribution is -2.23. The Hall–Kier alpha value is -0.303. The lowest BCUT2D eigenvalue weighted by Gasteiger charge is -2.17. The van der Waals surface area contributed by atoms with Gasteiger partial charge in [0.25, 0.3) is 0 Å². The molecule has 0 unspecified atom stereocenters. The molecule has 0 heterocycles. The van der Waals surface area contributed by atoms with E-state index in [1.54, 1.807) is 0 Å². The molecule has 18 heavy (non-hydrogen) atoms. The lowest BCUT2D eigenvalue weighted by molar-refractivity contribution is 0.562. The van der Waals surface area contributed by atoms with E-state index in [4.69, 9.17) is 0 Å². The quantitative estimate of drug-likeness (QED) is 0.266. The summed E-state index contributed by atoms with van der Waals surface area (Å²) < 4.78 is 0. The topological polar surface area (TPSA) is 0 Å². The van der Waals surface area contributed by atoms with Crippen molar-refractivity contribution < 1.29 is 0 Å². The first-order chi connectivity index (χ1) is 8.68. The van der Waals surface area contributed by atoms with Crippen LogP contribution in [0, 0.1) is 0 Å². The van der Waals surface area contributed by atoms with Crippen LogP contribution in [0.3, 0.4) is 0 Å². The van der Waals surface area contributed by atoms with Crippen LogP contribution in [0.4, 0.5) is 0 Å². The molecule has 0 saturated carbocycles. The van der Waals surface area contributed by atoms with E-state index in [-0.39, 0.29) is 0 Å². The van der Waals surface area contributed by atoms with Gasteiger partial charge in [-0.1, -0.05) is 95.1 Å². The maximum absolute atomic E-state index is 3.96. The molecule has 1 heteroatoms. The molecule has 0 aliphatic rings. The first-order valence-electron chi connectivity index (χ1n) is 7.95. The van der Waals surface area contributed by atoms with Crippen LogP contribution >= 0.6 is 0 Å². The Bertz CT molecular complexity index is 200. The van der Waals surface area contributed by atoms with Crippen molar-refractivity contribution in [3.63, 3.8) is 0 Å². The third-order valence-corrected chi connectivity index (χ3v) is 7.30. The summed E-state index contributed by atoms with van der Waals surface area (Å²) in [6.45, 7) is 12.6. The molecule has 0 fully saturated rings. The van der Waals surface area contributed by atoms with Crippen molar-refractivity contribution in [1.29, 1.82) is 0 Å². The molecule has 0 aromatic heterocycles. The molecular formula is C17H34Si. The molecular weight excluding hydrogens is 232 g/mol. The highest BCUT2D eigenvalue weighted by atomic mass is 28.3. The zero-order valence-corrected chi connectivity index (χ0v) is 13.8. The highest BCUT2D eigenvalue weighted by Gasteiger charge is 2.17. The van der Waals surface area contributed by atoms with Crippen LogP contribution in [0.2, 0.25) is 12.6 Å². The molecule has 0 aliphatic heterocycles. The monoisotopic (exact) mass is 266 g/mol. The van der Waals surface area contributed by atoms with Crippen molar-refractivity contribution >= 4 is 8.07 Å². The average Bonchev–Trinajstić information content (AvgIpc) is 2.40. The Morgan fingerprint density at radius 1 is 0.722 bits per heavy atom. The van der Waals surface area contributed by atoms with E-state index in [9.17, 15) is 0 Å². The van der Waals surface area contributed by atoms with E-state index in [0.29, 0.717) is 0 Å². The van der Waals surface area contributed by atoms with E-state index in [1.807, 2.05) is 0 Å². The van der Waals surface area contributed by atoms with Crippen molar-refractivity contribution in [2.24, 2.45) is 0 Å². The molecule has 0 nitrogen and oxygen atoms in total. The SMILES string of the molecule is C=C[Si](C)(C=C)CCCCCCCCCCCC. The second kappa shape index (κ2) is 11.8. The van der Waals surface area contributed by atoms with Crippen LogP contribution in [-0.2, 0) is 0 Å². The second-order valence-electron chi connectivity index (χ2n) is 5.85. The summed E-state index contributed by atoms with van der Waals surface area (Å²) in [6.07, 6.45) is 14.2. The summed E-state index contributed by atoms with van der Waals surface area (Å²) in [4.78, 5) is 0. The van der Waals surface area contributed by atoms with E-state index in [1.165, 1.54) is 70.3 Å². The zero-order valence-electron chi connectivity index (χ0n) is 12.8. The van der Waals surface area contributed by atoms with Crippen LogP contribution in [0.1, 0.15) is 71.1 Å². The maximum Gasteiger partial charge on any atom is 0.0973 e. The van der Waals surface area contributed by atoms with Crippen LogP contribution in [0.5, 0.6) is 0 Å². The average molecular weight is 267 g/mol. The first kappa shape index (κ1) is 17.7. The van der Waals surface area contributed by atoms with Crippen LogP contribution in [0.25, 0.3) is 0 Å². The van der Waals surface area contributed by atoms with Crippen molar-refractivity contribution in [2.45, 2.75) is 83.7 Å². The number of hydrogen-bond donors (Lipinski definition) is 0. The molecule has 0 saturated heterocycles. The van der Waals surface area contributed by atoms with Gasteiger partial charge in [-0.2, -0.15) is 0 Å². The fraction of sp³-hybridized carbons (Fsp3) is 0.765. The number of rotatable bonds is 13. The second-order valence-corrected chi connectivity index (χ2v) is 10.2. The summed E-state index contributed by atoms with van der Waals surface area (Å²) in [5.74, 6) is 0. The van der Waals surface area contributed by atoms with Gasteiger partial charge in [0.2, 0.25) is 0 Å². The van der Waals surface area contributed by atoms with E-state index in [2.05, 4.69) is 38.0 Å². The Kier molecular flexibility index (Phi) is 11.6. The van der Waals surface area contributed by atoms with Crippen molar-refractivity contribution in [3.05, 3.63) is 24.6 Å². The maximum atomic E-state index is 3.96. The molecule has 0 spiro atoms. The first-order valence-corrected chi connectivity index (χ1v) is 10.8. The summed E-state index contributed by atoms with van der Waals surface area (Å²) in [7, 11) is -1.26. The molecule has 0 bridgehead atoms. The molecule has 106 valence electrons. The predicted octanol–water partition coefficient (Wildman–Crippen LogP) is 6.44. The van der Waals surface area contributed by atoms with Gasteiger partial charge in [0, 0.05) is 0 Å². The normalized spacial score (nSPS) is 11.4. The van der Waals surface area contributed by atoms with Gasteiger partial charge >= 0.3 is 0 Å². The Morgan fingerprint density at radius 3 is 1.50 bits per heavy atom. The van der Waals surface area contributed by atoms with E-state index < -0.39 is 8.07 Å².